The molecule has 6 nitrogen and oxygen atoms in total. The summed E-state index contributed by atoms with van der Waals surface area (Å²) >= 11 is 0. The maximum Gasteiger partial charge on any atom is 0.337 e. The van der Waals surface area contributed by atoms with Crippen LogP contribution in [0.2, 0.25) is 0 Å². The molecule has 2 aromatic rings. The zero-order valence-electron chi connectivity index (χ0n) is 17.0. The van der Waals surface area contributed by atoms with Crippen LogP contribution in [0.4, 0.5) is 0 Å². The summed E-state index contributed by atoms with van der Waals surface area (Å²) in [6.45, 7) is 4.93. The van der Waals surface area contributed by atoms with Gasteiger partial charge >= 0.3 is 5.97 Å². The Labute approximate surface area is 171 Å². The van der Waals surface area contributed by atoms with Gasteiger partial charge < -0.3 is 19.5 Å². The average molecular weight is 397 g/mol. The standard InChI is InChI=1S/C23H27NO5/c1-15(2)18-5-4-6-19(13-18)29-21-11-12-24(14-20(21)25)22(26)16-7-9-17(10-8-16)23(27)28-3/h4-10,13,15,20-21,25H,11-12,14H2,1-3H3/t20-,21-/m1/s1. The number of amides is 1. The highest BCUT2D eigenvalue weighted by atomic mass is 16.5. The quantitative estimate of drug-likeness (QED) is 0.784. The first-order valence-electron chi connectivity index (χ1n) is 9.81. The van der Waals surface area contributed by atoms with Crippen molar-refractivity contribution in [2.75, 3.05) is 20.2 Å². The molecule has 1 saturated heterocycles. The fraction of sp³-hybridized carbons (Fsp3) is 0.391. The maximum atomic E-state index is 12.7. The number of methoxy groups -OCH3 is 1. The van der Waals surface area contributed by atoms with E-state index in [4.69, 9.17) is 4.74 Å². The highest BCUT2D eigenvalue weighted by Crippen LogP contribution is 2.24. The van der Waals surface area contributed by atoms with Crippen molar-refractivity contribution in [2.24, 2.45) is 0 Å². The second-order valence-electron chi connectivity index (χ2n) is 7.56. The number of ether oxygens (including phenoxy) is 2. The van der Waals surface area contributed by atoms with Crippen molar-refractivity contribution in [1.82, 2.24) is 4.90 Å². The van der Waals surface area contributed by atoms with E-state index in [1.165, 1.54) is 12.7 Å². The summed E-state index contributed by atoms with van der Waals surface area (Å²) in [5, 5.41) is 10.5. The Bertz CT molecular complexity index is 862. The highest BCUT2D eigenvalue weighted by molar-refractivity contribution is 5.96. The van der Waals surface area contributed by atoms with Crippen molar-refractivity contribution < 1.29 is 24.2 Å². The van der Waals surface area contributed by atoms with Gasteiger partial charge in [-0.3, -0.25) is 4.79 Å². The van der Waals surface area contributed by atoms with E-state index in [0.29, 0.717) is 30.0 Å². The summed E-state index contributed by atoms with van der Waals surface area (Å²) in [5.74, 6) is 0.506. The van der Waals surface area contributed by atoms with Crippen LogP contribution in [0.3, 0.4) is 0 Å². The van der Waals surface area contributed by atoms with Gasteiger partial charge in [0.1, 0.15) is 18.0 Å². The van der Waals surface area contributed by atoms with Crippen LogP contribution in [-0.4, -0.2) is 54.3 Å². The van der Waals surface area contributed by atoms with Crippen molar-refractivity contribution in [1.29, 1.82) is 0 Å². The summed E-state index contributed by atoms with van der Waals surface area (Å²) in [7, 11) is 1.31. The molecule has 1 N–H and O–H groups in total. The van der Waals surface area contributed by atoms with Crippen LogP contribution in [0.1, 0.15) is 52.5 Å². The van der Waals surface area contributed by atoms with Crippen LogP contribution < -0.4 is 4.74 Å². The van der Waals surface area contributed by atoms with Crippen molar-refractivity contribution >= 4 is 11.9 Å². The van der Waals surface area contributed by atoms with E-state index in [1.54, 1.807) is 29.2 Å². The van der Waals surface area contributed by atoms with Crippen molar-refractivity contribution in [3.63, 3.8) is 0 Å². The lowest BCUT2D eigenvalue weighted by atomic mass is 10.0. The third-order valence-corrected chi connectivity index (χ3v) is 5.17. The van der Waals surface area contributed by atoms with Crippen LogP contribution in [-0.2, 0) is 4.74 Å². The average Bonchev–Trinajstić information content (AvgIpc) is 2.74. The Kier molecular flexibility index (Phi) is 6.54. The van der Waals surface area contributed by atoms with Crippen molar-refractivity contribution in [3.05, 3.63) is 65.2 Å². The number of carbonyl (C=O) groups is 2. The van der Waals surface area contributed by atoms with E-state index in [-0.39, 0.29) is 18.6 Å². The van der Waals surface area contributed by atoms with E-state index >= 15 is 0 Å². The maximum absolute atomic E-state index is 12.7. The highest BCUT2D eigenvalue weighted by Gasteiger charge is 2.32. The molecule has 0 saturated carbocycles. The molecule has 0 aliphatic carbocycles. The number of esters is 1. The second kappa shape index (κ2) is 9.09. The minimum Gasteiger partial charge on any atom is -0.488 e. The van der Waals surface area contributed by atoms with Crippen molar-refractivity contribution in [2.45, 2.75) is 38.4 Å². The SMILES string of the molecule is COC(=O)c1ccc(C(=O)N2CC[C@@H](Oc3cccc(C(C)C)c3)[C@H](O)C2)cc1. The molecule has 0 aromatic heterocycles. The molecular formula is C23H27NO5. The fourth-order valence-electron chi connectivity index (χ4n) is 3.40. The molecule has 154 valence electrons. The Morgan fingerprint density at radius 2 is 1.79 bits per heavy atom. The number of piperidine rings is 1. The van der Waals surface area contributed by atoms with Gasteiger partial charge in [0.2, 0.25) is 0 Å². The number of β-amino-alcohol motifs (C(OH)–C–C–N with tert-alkyl or cyclic N) is 1. The molecule has 2 atom stereocenters. The van der Waals surface area contributed by atoms with Crippen LogP contribution in [0.25, 0.3) is 0 Å². The summed E-state index contributed by atoms with van der Waals surface area (Å²) in [4.78, 5) is 25.9. The summed E-state index contributed by atoms with van der Waals surface area (Å²) in [6, 6.07) is 14.2. The number of carbonyl (C=O) groups excluding carboxylic acids is 2. The van der Waals surface area contributed by atoms with Gasteiger partial charge in [0.15, 0.2) is 0 Å². The monoisotopic (exact) mass is 397 g/mol. The number of aliphatic hydroxyl groups excluding tert-OH is 1. The molecule has 0 bridgehead atoms. The molecule has 1 fully saturated rings. The molecule has 0 spiro atoms. The van der Waals surface area contributed by atoms with Crippen molar-refractivity contribution in [3.8, 4) is 5.75 Å². The van der Waals surface area contributed by atoms with E-state index in [9.17, 15) is 14.7 Å². The number of likely N-dealkylation sites (tertiary alicyclic amines) is 1. The third kappa shape index (κ3) is 4.95. The lowest BCUT2D eigenvalue weighted by Crippen LogP contribution is -2.51. The van der Waals surface area contributed by atoms with Crippen LogP contribution in [0, 0.1) is 0 Å². The molecule has 1 heterocycles. The van der Waals surface area contributed by atoms with Gasteiger partial charge in [0, 0.05) is 18.5 Å². The number of benzene rings is 2. The Morgan fingerprint density at radius 3 is 2.41 bits per heavy atom. The molecule has 0 radical (unpaired) electrons. The van der Waals surface area contributed by atoms with Gasteiger partial charge in [-0.1, -0.05) is 26.0 Å². The van der Waals surface area contributed by atoms with Crippen LogP contribution in [0.15, 0.2) is 48.5 Å². The van der Waals surface area contributed by atoms with E-state index < -0.39 is 12.1 Å². The lowest BCUT2D eigenvalue weighted by Gasteiger charge is -2.36. The van der Waals surface area contributed by atoms with Gasteiger partial charge in [-0.15, -0.1) is 0 Å². The van der Waals surface area contributed by atoms with E-state index in [2.05, 4.69) is 24.7 Å². The zero-order chi connectivity index (χ0) is 21.0. The summed E-state index contributed by atoms with van der Waals surface area (Å²) < 4.78 is 10.7. The van der Waals surface area contributed by atoms with Crippen LogP contribution in [0.5, 0.6) is 5.75 Å². The number of aliphatic hydroxyl groups is 1. The third-order valence-electron chi connectivity index (χ3n) is 5.17. The predicted molar refractivity (Wildman–Crippen MR) is 109 cm³/mol. The number of nitrogens with zero attached hydrogens (tertiary/aromatic N) is 1. The van der Waals surface area contributed by atoms with Crippen LogP contribution >= 0.6 is 0 Å². The topological polar surface area (TPSA) is 76.1 Å². The molecule has 1 aliphatic rings. The Hall–Kier alpha value is -2.86. The first-order valence-corrected chi connectivity index (χ1v) is 9.81. The number of hydrogen-bond acceptors (Lipinski definition) is 5. The smallest absolute Gasteiger partial charge is 0.337 e. The molecule has 2 aromatic carbocycles. The first kappa shape index (κ1) is 20.9. The number of hydrogen-bond donors (Lipinski definition) is 1. The number of rotatable bonds is 5. The van der Waals surface area contributed by atoms with Gasteiger partial charge in [-0.05, 0) is 47.9 Å². The molecule has 6 heteroatoms. The molecular weight excluding hydrogens is 370 g/mol. The zero-order valence-corrected chi connectivity index (χ0v) is 17.0. The molecule has 0 unspecified atom stereocenters. The lowest BCUT2D eigenvalue weighted by molar-refractivity contribution is -0.0199. The second-order valence-corrected chi connectivity index (χ2v) is 7.56. The molecule has 1 aliphatic heterocycles. The normalized spacial score (nSPS) is 19.1. The van der Waals surface area contributed by atoms with Gasteiger partial charge in [-0.25, -0.2) is 4.79 Å². The summed E-state index contributed by atoms with van der Waals surface area (Å²) in [5.41, 5.74) is 2.04. The largest absolute Gasteiger partial charge is 0.488 e. The molecule has 1 amide bonds. The van der Waals surface area contributed by atoms with Gasteiger partial charge in [0.05, 0.1) is 19.2 Å². The minimum atomic E-state index is -0.773. The first-order chi connectivity index (χ1) is 13.9. The fourth-order valence-corrected chi connectivity index (χ4v) is 3.40. The Morgan fingerprint density at radius 1 is 1.10 bits per heavy atom. The predicted octanol–water partition coefficient (Wildman–Crippen LogP) is 3.25. The molecule has 3 rings (SSSR count). The molecule has 29 heavy (non-hydrogen) atoms. The Balaban J connectivity index is 1.61. The van der Waals surface area contributed by atoms with Gasteiger partial charge in [-0.2, -0.15) is 0 Å². The minimum absolute atomic E-state index is 0.180. The van der Waals surface area contributed by atoms with E-state index in [1.807, 2.05) is 18.2 Å². The summed E-state index contributed by atoms with van der Waals surface area (Å²) in [6.07, 6.45) is -0.591. The van der Waals surface area contributed by atoms with Gasteiger partial charge in [0.25, 0.3) is 5.91 Å². The van der Waals surface area contributed by atoms with E-state index in [0.717, 1.165) is 5.75 Å².